The van der Waals surface area contributed by atoms with Crippen LogP contribution in [-0.4, -0.2) is 111 Å². The Balaban J connectivity index is 0.988. The molecule has 55 heavy (non-hydrogen) atoms. The van der Waals surface area contributed by atoms with Gasteiger partial charge in [-0.3, -0.25) is 14.4 Å². The van der Waals surface area contributed by atoms with Crippen molar-refractivity contribution < 1.29 is 28.2 Å². The number of nitrogens with zero attached hydrogens (tertiary/aromatic N) is 8. The van der Waals surface area contributed by atoms with Gasteiger partial charge in [-0.05, 0) is 74.2 Å². The molecule has 4 aromatic rings. The van der Waals surface area contributed by atoms with Gasteiger partial charge in [-0.25, -0.2) is 8.78 Å². The monoisotopic (exact) mass is 754 g/mol. The number of benzene rings is 2. The lowest BCUT2D eigenvalue weighted by atomic mass is 9.95. The van der Waals surface area contributed by atoms with Crippen molar-refractivity contribution in [2.24, 2.45) is 5.92 Å². The molecule has 12 nitrogen and oxygen atoms in total. The third kappa shape index (κ3) is 6.16. The van der Waals surface area contributed by atoms with Crippen LogP contribution in [0.1, 0.15) is 72.0 Å². The standard InChI is InChI=1S/C41H48F2N8O4/c1-2-31-33(43)6-5-26-14-29(52)16-36(37(26)31)47-12-7-32-35(22-47)44-40(55-24-41-8-3-10-50(41)19-27(42)17-41)45-38(32)48-9-4-11-51-28(20-48)15-34(46-51)39(53)49-18-25-13-30(21-49)54-23-25/h5-6,14-16,25,27,30,52H,2-4,7-13,17-24H2,1H3/t25?,27-,30?,41+/m1/s1. The molecule has 1 amide bonds. The molecular weight excluding hydrogens is 706 g/mol. The van der Waals surface area contributed by atoms with Crippen molar-refractivity contribution in [3.8, 4) is 11.8 Å². The molecule has 4 fully saturated rings. The number of hydrogen-bond donors (Lipinski definition) is 1. The maximum Gasteiger partial charge on any atom is 0.318 e. The number of hydrogen-bond acceptors (Lipinski definition) is 10. The van der Waals surface area contributed by atoms with E-state index in [1.807, 2.05) is 22.6 Å². The molecule has 6 aliphatic rings. The molecule has 10 rings (SSSR count). The number of aromatic nitrogens is 4. The number of amides is 1. The average molecular weight is 755 g/mol. The van der Waals surface area contributed by atoms with Crippen LogP contribution in [0.15, 0.2) is 30.3 Å². The smallest absolute Gasteiger partial charge is 0.318 e. The number of ether oxygens (including phenoxy) is 2. The van der Waals surface area contributed by atoms with E-state index in [2.05, 4.69) is 14.7 Å². The van der Waals surface area contributed by atoms with Crippen molar-refractivity contribution >= 4 is 28.2 Å². The van der Waals surface area contributed by atoms with Crippen LogP contribution < -0.4 is 14.5 Å². The van der Waals surface area contributed by atoms with E-state index in [1.54, 1.807) is 18.2 Å². The van der Waals surface area contributed by atoms with Gasteiger partial charge in [0.25, 0.3) is 5.91 Å². The van der Waals surface area contributed by atoms with Crippen molar-refractivity contribution in [1.82, 2.24) is 29.5 Å². The fourth-order valence-electron chi connectivity index (χ4n) is 10.4. The highest BCUT2D eigenvalue weighted by Gasteiger charge is 2.49. The molecule has 8 heterocycles. The number of aromatic hydroxyl groups is 1. The van der Waals surface area contributed by atoms with E-state index in [4.69, 9.17) is 24.5 Å². The van der Waals surface area contributed by atoms with E-state index in [9.17, 15) is 14.3 Å². The molecule has 14 heteroatoms. The Labute approximate surface area is 319 Å². The number of carbonyl (C=O) groups is 1. The first-order chi connectivity index (χ1) is 26.7. The second kappa shape index (κ2) is 13.6. The highest BCUT2D eigenvalue weighted by Crippen LogP contribution is 2.42. The molecule has 2 aromatic heterocycles. The lowest BCUT2D eigenvalue weighted by Gasteiger charge is -2.35. The Morgan fingerprint density at radius 1 is 1.05 bits per heavy atom. The average Bonchev–Trinajstić information content (AvgIpc) is 3.91. The van der Waals surface area contributed by atoms with Crippen LogP contribution in [0.4, 0.5) is 20.3 Å². The zero-order chi connectivity index (χ0) is 37.4. The molecule has 6 aliphatic heterocycles. The summed E-state index contributed by atoms with van der Waals surface area (Å²) in [4.78, 5) is 32.4. The first-order valence-electron chi connectivity index (χ1n) is 20.1. The second-order valence-electron chi connectivity index (χ2n) is 16.5. The number of phenols is 1. The lowest BCUT2D eigenvalue weighted by Crippen LogP contribution is -2.43. The highest BCUT2D eigenvalue weighted by molar-refractivity contribution is 5.98. The number of anilines is 2. The molecule has 2 aromatic carbocycles. The normalized spacial score (nSPS) is 26.3. The predicted molar refractivity (Wildman–Crippen MR) is 202 cm³/mol. The Hall–Kier alpha value is -4.56. The van der Waals surface area contributed by atoms with E-state index in [1.165, 1.54) is 6.07 Å². The summed E-state index contributed by atoms with van der Waals surface area (Å²) in [6, 6.07) is 8.80. The van der Waals surface area contributed by atoms with Crippen LogP contribution in [0.2, 0.25) is 0 Å². The van der Waals surface area contributed by atoms with E-state index >= 15 is 4.39 Å². The molecule has 1 N–H and O–H groups in total. The van der Waals surface area contributed by atoms with Crippen molar-refractivity contribution in [1.29, 1.82) is 0 Å². The molecule has 0 aliphatic carbocycles. The van der Waals surface area contributed by atoms with E-state index < -0.39 is 6.17 Å². The molecule has 290 valence electrons. The Morgan fingerprint density at radius 3 is 2.84 bits per heavy atom. The molecule has 0 radical (unpaired) electrons. The number of phenolic OH excluding ortho intramolecular Hbond substituents is 1. The summed E-state index contributed by atoms with van der Waals surface area (Å²) >= 11 is 0. The number of rotatable bonds is 7. The largest absolute Gasteiger partial charge is 0.508 e. The molecule has 2 bridgehead atoms. The minimum atomic E-state index is -0.871. The zero-order valence-corrected chi connectivity index (χ0v) is 31.4. The summed E-state index contributed by atoms with van der Waals surface area (Å²) in [5.74, 6) is 1.00. The van der Waals surface area contributed by atoms with Gasteiger partial charge in [0.2, 0.25) is 0 Å². The summed E-state index contributed by atoms with van der Waals surface area (Å²) in [5, 5.41) is 17.2. The molecular formula is C41H48F2N8O4. The van der Waals surface area contributed by atoms with Crippen molar-refractivity contribution in [3.63, 3.8) is 0 Å². The Morgan fingerprint density at radius 2 is 1.96 bits per heavy atom. The third-order valence-corrected chi connectivity index (χ3v) is 13.0. The van der Waals surface area contributed by atoms with Crippen molar-refractivity contribution in [2.45, 2.75) is 89.3 Å². The zero-order valence-electron chi connectivity index (χ0n) is 31.4. The van der Waals surface area contributed by atoms with Crippen LogP contribution >= 0.6 is 0 Å². The Kier molecular flexibility index (Phi) is 8.61. The van der Waals surface area contributed by atoms with Crippen LogP contribution in [0.5, 0.6) is 11.8 Å². The summed E-state index contributed by atoms with van der Waals surface area (Å²) in [5.41, 5.74) is 4.27. The number of aryl methyl sites for hydroxylation is 2. The Bertz CT molecular complexity index is 2150. The first-order valence-corrected chi connectivity index (χ1v) is 20.1. The maximum absolute atomic E-state index is 15.2. The van der Waals surface area contributed by atoms with Gasteiger partial charge in [-0.2, -0.15) is 15.1 Å². The van der Waals surface area contributed by atoms with Crippen molar-refractivity contribution in [3.05, 3.63) is 64.4 Å². The topological polar surface area (TPSA) is 112 Å². The third-order valence-electron chi connectivity index (χ3n) is 13.0. The van der Waals surface area contributed by atoms with E-state index in [0.29, 0.717) is 95.5 Å². The molecule has 2 unspecified atom stereocenters. The second-order valence-corrected chi connectivity index (χ2v) is 16.5. The van der Waals surface area contributed by atoms with Gasteiger partial charge in [-0.15, -0.1) is 0 Å². The van der Waals surface area contributed by atoms with Gasteiger partial charge in [0.1, 0.15) is 30.2 Å². The fourth-order valence-corrected chi connectivity index (χ4v) is 10.4. The SMILES string of the molecule is CCc1c(F)ccc2cc(O)cc(N3CCc4c(nc(OC[C@@]56CCCN5C[C@H](F)C6)nc4N4CCCn5nc(C(=O)N6CC7COC(C7)C6)cc5C4)C3)c12. The van der Waals surface area contributed by atoms with Gasteiger partial charge < -0.3 is 29.3 Å². The van der Waals surface area contributed by atoms with Crippen LogP contribution in [0.25, 0.3) is 10.8 Å². The number of halogens is 2. The van der Waals surface area contributed by atoms with E-state index in [-0.39, 0.29) is 35.1 Å². The number of fused-ring (bicyclic) bond motifs is 6. The number of likely N-dealkylation sites (tertiary alicyclic amines) is 1. The molecule has 4 atom stereocenters. The summed E-state index contributed by atoms with van der Waals surface area (Å²) in [6.07, 6.45) is 4.54. The number of piperidine rings is 1. The van der Waals surface area contributed by atoms with Gasteiger partial charge in [0.15, 0.2) is 5.69 Å². The summed E-state index contributed by atoms with van der Waals surface area (Å²) in [7, 11) is 0. The van der Waals surface area contributed by atoms with Crippen LogP contribution in [-0.2, 0) is 37.2 Å². The van der Waals surface area contributed by atoms with Gasteiger partial charge in [0, 0.05) is 74.3 Å². The van der Waals surface area contributed by atoms with Crippen LogP contribution in [0, 0.1) is 11.7 Å². The van der Waals surface area contributed by atoms with Gasteiger partial charge >= 0.3 is 6.01 Å². The minimum absolute atomic E-state index is 0.0455. The first kappa shape index (κ1) is 34.9. The quantitative estimate of drug-likeness (QED) is 0.276. The summed E-state index contributed by atoms with van der Waals surface area (Å²) in [6.45, 7) is 8.53. The van der Waals surface area contributed by atoms with Gasteiger partial charge in [0.05, 0.1) is 42.7 Å². The lowest BCUT2D eigenvalue weighted by molar-refractivity contribution is 0.0558. The van der Waals surface area contributed by atoms with Gasteiger partial charge in [-0.1, -0.05) is 13.0 Å². The van der Waals surface area contributed by atoms with E-state index in [0.717, 1.165) is 78.0 Å². The predicted octanol–water partition coefficient (Wildman–Crippen LogP) is 5.02. The minimum Gasteiger partial charge on any atom is -0.508 e. The fraction of sp³-hybridized carbons (Fsp3) is 0.561. The highest BCUT2D eigenvalue weighted by atomic mass is 19.1. The van der Waals surface area contributed by atoms with Crippen molar-refractivity contribution in [2.75, 3.05) is 62.3 Å². The number of alkyl halides is 1. The number of carbonyl (C=O) groups excluding carboxylic acids is 1. The molecule has 4 saturated heterocycles. The summed E-state index contributed by atoms with van der Waals surface area (Å²) < 4.78 is 44.2. The maximum atomic E-state index is 15.2. The van der Waals surface area contributed by atoms with Crippen LogP contribution in [0.3, 0.4) is 0 Å². The molecule has 0 saturated carbocycles. The molecule has 0 spiro atoms.